The van der Waals surface area contributed by atoms with E-state index in [9.17, 15) is 4.79 Å². The van der Waals surface area contributed by atoms with E-state index in [-0.39, 0.29) is 5.91 Å². The van der Waals surface area contributed by atoms with E-state index >= 15 is 0 Å². The van der Waals surface area contributed by atoms with Gasteiger partial charge in [0, 0.05) is 24.8 Å². The maximum Gasteiger partial charge on any atom is 0.251 e. The number of anilines is 1. The minimum absolute atomic E-state index is 0.110. The van der Waals surface area contributed by atoms with Gasteiger partial charge >= 0.3 is 0 Å². The number of nitrogens with zero attached hydrogens (tertiary/aromatic N) is 1. The van der Waals surface area contributed by atoms with Crippen molar-refractivity contribution in [3.8, 4) is 5.75 Å². The van der Waals surface area contributed by atoms with Crippen LogP contribution in [0.1, 0.15) is 27.0 Å². The number of carbonyl (C=O) groups excluding carboxylic acids is 1. The third kappa shape index (κ3) is 5.58. The number of hydrogen-bond acceptors (Lipinski definition) is 4. The quantitative estimate of drug-likeness (QED) is 0.625. The topological polar surface area (TPSA) is 63.2 Å². The van der Waals surface area contributed by atoms with Crippen molar-refractivity contribution in [3.63, 3.8) is 0 Å². The van der Waals surface area contributed by atoms with E-state index < -0.39 is 0 Å². The molecule has 0 saturated heterocycles. The average Bonchev–Trinajstić information content (AvgIpc) is 2.74. The minimum Gasteiger partial charge on any atom is -0.497 e. The number of methoxy groups -OCH3 is 1. The van der Waals surface area contributed by atoms with E-state index in [4.69, 9.17) is 4.74 Å². The lowest BCUT2D eigenvalue weighted by molar-refractivity contribution is 0.0951. The molecule has 0 spiro atoms. The molecule has 0 atom stereocenters. The van der Waals surface area contributed by atoms with Crippen LogP contribution in [0.5, 0.6) is 5.75 Å². The van der Waals surface area contributed by atoms with Crippen LogP contribution < -0.4 is 15.4 Å². The molecule has 28 heavy (non-hydrogen) atoms. The number of ether oxygens (including phenoxy) is 1. The highest BCUT2D eigenvalue weighted by Gasteiger charge is 2.07. The fourth-order valence-corrected chi connectivity index (χ4v) is 2.79. The summed E-state index contributed by atoms with van der Waals surface area (Å²) in [6, 6.07) is 19.6. The Bertz CT molecular complexity index is 906. The van der Waals surface area contributed by atoms with Crippen molar-refractivity contribution in [1.82, 2.24) is 10.3 Å². The van der Waals surface area contributed by atoms with Gasteiger partial charge in [0.05, 0.1) is 7.11 Å². The van der Waals surface area contributed by atoms with E-state index in [1.165, 1.54) is 11.1 Å². The first kappa shape index (κ1) is 19.4. The summed E-state index contributed by atoms with van der Waals surface area (Å²) < 4.78 is 5.17. The molecule has 1 heterocycles. The summed E-state index contributed by atoms with van der Waals surface area (Å²) in [5.41, 5.74) is 4.08. The van der Waals surface area contributed by atoms with Crippen LogP contribution in [0.2, 0.25) is 0 Å². The SMILES string of the molecule is COc1ccc(CCNc2cc(C(=O)NCc3ccc(C)cc3)ccn2)cc1. The summed E-state index contributed by atoms with van der Waals surface area (Å²) in [6.45, 7) is 3.28. The second-order valence-corrected chi connectivity index (χ2v) is 6.62. The van der Waals surface area contributed by atoms with Crippen molar-refractivity contribution in [1.29, 1.82) is 0 Å². The molecule has 1 amide bonds. The molecule has 144 valence electrons. The zero-order valence-electron chi connectivity index (χ0n) is 16.2. The lowest BCUT2D eigenvalue weighted by atomic mass is 10.1. The van der Waals surface area contributed by atoms with Crippen molar-refractivity contribution < 1.29 is 9.53 Å². The van der Waals surface area contributed by atoms with Crippen LogP contribution in [0.15, 0.2) is 66.9 Å². The van der Waals surface area contributed by atoms with Crippen molar-refractivity contribution in [2.24, 2.45) is 0 Å². The van der Waals surface area contributed by atoms with Crippen LogP contribution in [-0.2, 0) is 13.0 Å². The third-order valence-corrected chi connectivity index (χ3v) is 4.47. The molecule has 5 nitrogen and oxygen atoms in total. The maximum atomic E-state index is 12.4. The standard InChI is InChI=1S/C23H25N3O2/c1-17-3-5-19(6-4-17)16-26-23(27)20-12-14-25-22(15-20)24-13-11-18-7-9-21(28-2)10-8-18/h3-10,12,14-15H,11,13,16H2,1-2H3,(H,24,25)(H,26,27). The Balaban J connectivity index is 1.50. The number of benzene rings is 2. The van der Waals surface area contributed by atoms with Gasteiger partial charge in [0.15, 0.2) is 0 Å². The van der Waals surface area contributed by atoms with Crippen LogP contribution in [0.25, 0.3) is 0 Å². The van der Waals surface area contributed by atoms with Gasteiger partial charge in [-0.3, -0.25) is 4.79 Å². The first-order chi connectivity index (χ1) is 13.6. The fourth-order valence-electron chi connectivity index (χ4n) is 2.79. The molecule has 0 radical (unpaired) electrons. The summed E-state index contributed by atoms with van der Waals surface area (Å²) in [5, 5.41) is 6.22. The summed E-state index contributed by atoms with van der Waals surface area (Å²) >= 11 is 0. The smallest absolute Gasteiger partial charge is 0.251 e. The highest BCUT2D eigenvalue weighted by atomic mass is 16.5. The normalized spacial score (nSPS) is 10.4. The molecule has 0 bridgehead atoms. The second kappa shape index (κ2) is 9.55. The molecule has 0 unspecified atom stereocenters. The molecule has 1 aromatic heterocycles. The first-order valence-corrected chi connectivity index (χ1v) is 9.30. The van der Waals surface area contributed by atoms with Crippen LogP contribution >= 0.6 is 0 Å². The van der Waals surface area contributed by atoms with E-state index in [0.717, 1.165) is 24.3 Å². The number of hydrogen-bond donors (Lipinski definition) is 2. The van der Waals surface area contributed by atoms with Gasteiger partial charge in [-0.2, -0.15) is 0 Å². The number of pyridine rings is 1. The predicted octanol–water partition coefficient (Wildman–Crippen LogP) is 3.98. The van der Waals surface area contributed by atoms with Crippen molar-refractivity contribution in [3.05, 3.63) is 89.1 Å². The van der Waals surface area contributed by atoms with Crippen LogP contribution in [0.3, 0.4) is 0 Å². The van der Waals surface area contributed by atoms with E-state index in [2.05, 4.69) is 15.6 Å². The van der Waals surface area contributed by atoms with Gasteiger partial charge in [0.2, 0.25) is 0 Å². The van der Waals surface area contributed by atoms with Crippen molar-refractivity contribution in [2.75, 3.05) is 19.0 Å². The highest BCUT2D eigenvalue weighted by molar-refractivity contribution is 5.94. The van der Waals surface area contributed by atoms with Crippen LogP contribution in [0.4, 0.5) is 5.82 Å². The van der Waals surface area contributed by atoms with Gasteiger partial charge in [0.1, 0.15) is 11.6 Å². The Hall–Kier alpha value is -3.34. The van der Waals surface area contributed by atoms with Gasteiger partial charge in [-0.25, -0.2) is 4.98 Å². The molecule has 2 N–H and O–H groups in total. The first-order valence-electron chi connectivity index (χ1n) is 9.30. The molecular weight excluding hydrogens is 350 g/mol. The Kier molecular flexibility index (Phi) is 6.63. The number of amides is 1. The predicted molar refractivity (Wildman–Crippen MR) is 112 cm³/mol. The van der Waals surface area contributed by atoms with Crippen molar-refractivity contribution >= 4 is 11.7 Å². The number of rotatable bonds is 8. The molecule has 0 aliphatic carbocycles. The van der Waals surface area contributed by atoms with Gasteiger partial charge < -0.3 is 15.4 Å². The van der Waals surface area contributed by atoms with Crippen molar-refractivity contribution in [2.45, 2.75) is 19.9 Å². The number of aromatic nitrogens is 1. The molecule has 3 rings (SSSR count). The molecule has 5 heteroatoms. The molecular formula is C23H25N3O2. The van der Waals surface area contributed by atoms with E-state index in [1.54, 1.807) is 25.4 Å². The maximum absolute atomic E-state index is 12.4. The number of nitrogens with one attached hydrogen (secondary N) is 2. The van der Waals surface area contributed by atoms with E-state index in [0.29, 0.717) is 17.9 Å². The zero-order chi connectivity index (χ0) is 19.8. The molecule has 0 aliphatic heterocycles. The molecule has 0 fully saturated rings. The summed E-state index contributed by atoms with van der Waals surface area (Å²) in [6.07, 6.45) is 2.51. The largest absolute Gasteiger partial charge is 0.497 e. The van der Waals surface area contributed by atoms with Crippen LogP contribution in [-0.4, -0.2) is 24.5 Å². The lowest BCUT2D eigenvalue weighted by Gasteiger charge is -2.09. The Morgan fingerprint density at radius 2 is 1.71 bits per heavy atom. The Labute approximate surface area is 165 Å². The van der Waals surface area contributed by atoms with E-state index in [1.807, 2.05) is 55.5 Å². The minimum atomic E-state index is -0.110. The molecule has 0 saturated carbocycles. The highest BCUT2D eigenvalue weighted by Crippen LogP contribution is 2.12. The summed E-state index contributed by atoms with van der Waals surface area (Å²) in [5.74, 6) is 1.43. The Morgan fingerprint density at radius 1 is 1.00 bits per heavy atom. The molecule has 2 aromatic carbocycles. The van der Waals surface area contributed by atoms with Gasteiger partial charge in [0.25, 0.3) is 5.91 Å². The zero-order valence-corrected chi connectivity index (χ0v) is 16.2. The third-order valence-electron chi connectivity index (χ3n) is 4.47. The monoisotopic (exact) mass is 375 g/mol. The summed E-state index contributed by atoms with van der Waals surface area (Å²) in [7, 11) is 1.66. The van der Waals surface area contributed by atoms with Gasteiger partial charge in [-0.15, -0.1) is 0 Å². The number of aryl methyl sites for hydroxylation is 1. The van der Waals surface area contributed by atoms with Crippen LogP contribution in [0, 0.1) is 6.92 Å². The van der Waals surface area contributed by atoms with Gasteiger partial charge in [-0.1, -0.05) is 42.0 Å². The summed E-state index contributed by atoms with van der Waals surface area (Å²) in [4.78, 5) is 16.7. The molecule has 0 aliphatic rings. The fraction of sp³-hybridized carbons (Fsp3) is 0.217. The lowest BCUT2D eigenvalue weighted by Crippen LogP contribution is -2.23. The second-order valence-electron chi connectivity index (χ2n) is 6.62. The van der Waals surface area contributed by atoms with Gasteiger partial charge in [-0.05, 0) is 48.7 Å². The molecule has 3 aromatic rings. The Morgan fingerprint density at radius 3 is 2.43 bits per heavy atom. The number of carbonyl (C=O) groups is 1. The average molecular weight is 375 g/mol.